The molecule has 1 aliphatic carbocycles. The van der Waals surface area contributed by atoms with Crippen LogP contribution in [0.2, 0.25) is 0 Å². The van der Waals surface area contributed by atoms with E-state index in [-0.39, 0.29) is 11.9 Å². The Kier molecular flexibility index (Phi) is 7.85. The van der Waals surface area contributed by atoms with E-state index in [0.717, 1.165) is 35.6 Å². The van der Waals surface area contributed by atoms with Gasteiger partial charge in [0.25, 0.3) is 0 Å². The van der Waals surface area contributed by atoms with Crippen LogP contribution in [0, 0.1) is 13.8 Å². The van der Waals surface area contributed by atoms with Crippen LogP contribution in [-0.4, -0.2) is 41.8 Å². The van der Waals surface area contributed by atoms with Crippen molar-refractivity contribution in [2.45, 2.75) is 65.3 Å². The van der Waals surface area contributed by atoms with Gasteiger partial charge in [-0.25, -0.2) is 9.98 Å². The number of nitrogens with zero attached hydrogens (tertiary/aromatic N) is 5. The predicted octanol–water partition coefficient (Wildman–Crippen LogP) is 5.89. The Morgan fingerprint density at radius 3 is 2.73 bits per heavy atom. The van der Waals surface area contributed by atoms with Gasteiger partial charge in [0.2, 0.25) is 0 Å². The smallest absolute Gasteiger partial charge is 0.314 e. The summed E-state index contributed by atoms with van der Waals surface area (Å²) in [5.74, 6) is -0.333. The van der Waals surface area contributed by atoms with Crippen molar-refractivity contribution in [1.82, 2.24) is 9.88 Å². The summed E-state index contributed by atoms with van der Waals surface area (Å²) in [5.41, 5.74) is 4.88. The number of aromatic nitrogens is 1. The lowest BCUT2D eigenvalue weighted by molar-refractivity contribution is 0.0987. The second kappa shape index (κ2) is 10.6. The van der Waals surface area contributed by atoms with Crippen molar-refractivity contribution in [2.75, 3.05) is 13.6 Å². The third-order valence-corrected chi connectivity index (χ3v) is 6.40. The Hall–Kier alpha value is -2.41. The van der Waals surface area contributed by atoms with Gasteiger partial charge in [-0.15, -0.1) is 16.5 Å². The molecule has 1 saturated carbocycles. The van der Waals surface area contributed by atoms with Gasteiger partial charge >= 0.3 is 5.91 Å². The summed E-state index contributed by atoms with van der Waals surface area (Å²) in [7, 11) is 2.01. The predicted molar refractivity (Wildman–Crippen MR) is 123 cm³/mol. The number of carbonyl (C=O) groups excluding carboxylic acids is 1. The fourth-order valence-electron chi connectivity index (χ4n) is 3.47. The van der Waals surface area contributed by atoms with Gasteiger partial charge in [0.05, 0.1) is 23.1 Å². The first-order valence-corrected chi connectivity index (χ1v) is 11.6. The van der Waals surface area contributed by atoms with Crippen molar-refractivity contribution < 1.29 is 4.79 Å². The highest BCUT2D eigenvalue weighted by Crippen LogP contribution is 2.26. The normalized spacial score (nSPS) is 15.3. The van der Waals surface area contributed by atoms with Crippen LogP contribution in [0.4, 0.5) is 5.69 Å². The van der Waals surface area contributed by atoms with Gasteiger partial charge in [0, 0.05) is 25.4 Å². The van der Waals surface area contributed by atoms with Crippen LogP contribution in [0.5, 0.6) is 0 Å². The van der Waals surface area contributed by atoms with E-state index in [4.69, 9.17) is 0 Å². The number of thiazole rings is 1. The highest BCUT2D eigenvalue weighted by atomic mass is 32.1. The number of aliphatic imine (C=N–C) groups is 1. The van der Waals surface area contributed by atoms with Gasteiger partial charge in [0.15, 0.2) is 0 Å². The Bertz CT molecular complexity index is 928. The van der Waals surface area contributed by atoms with Crippen LogP contribution < -0.4 is 0 Å². The molecule has 7 heteroatoms. The largest absolute Gasteiger partial charge is 0.366 e. The molecular formula is C23H31N5OS. The molecule has 0 spiro atoms. The second-order valence-electron chi connectivity index (χ2n) is 8.00. The van der Waals surface area contributed by atoms with Crippen molar-refractivity contribution in [2.24, 2.45) is 15.2 Å². The zero-order chi connectivity index (χ0) is 21.5. The Balaban J connectivity index is 1.66. The molecule has 1 aromatic heterocycles. The minimum atomic E-state index is -0.333. The van der Waals surface area contributed by atoms with Gasteiger partial charge in [0.1, 0.15) is 5.69 Å². The summed E-state index contributed by atoms with van der Waals surface area (Å²) in [4.78, 5) is 23.5. The molecule has 2 aromatic rings. The van der Waals surface area contributed by atoms with E-state index in [1.807, 2.05) is 18.3 Å². The van der Waals surface area contributed by atoms with Gasteiger partial charge in [-0.1, -0.05) is 25.3 Å². The molecule has 0 aliphatic heterocycles. The number of carbonyl (C=O) groups is 1. The molecule has 6 nitrogen and oxygen atoms in total. The van der Waals surface area contributed by atoms with Gasteiger partial charge in [-0.05, 0) is 56.4 Å². The highest BCUT2D eigenvalue weighted by Gasteiger charge is 2.15. The zero-order valence-electron chi connectivity index (χ0n) is 18.4. The summed E-state index contributed by atoms with van der Waals surface area (Å²) >= 11 is 1.50. The third-order valence-electron chi connectivity index (χ3n) is 5.55. The summed E-state index contributed by atoms with van der Waals surface area (Å²) in [5, 5.41) is 10.9. The molecule has 160 valence electrons. The van der Waals surface area contributed by atoms with E-state index < -0.39 is 0 Å². The molecule has 1 fully saturated rings. The van der Waals surface area contributed by atoms with Crippen molar-refractivity contribution in [3.63, 3.8) is 0 Å². The highest BCUT2D eigenvalue weighted by molar-refractivity contribution is 7.09. The first kappa shape index (κ1) is 22.3. The molecule has 1 amide bonds. The number of hydrogen-bond donors (Lipinski definition) is 0. The molecule has 0 bridgehead atoms. The maximum Gasteiger partial charge on any atom is 0.314 e. The first-order valence-electron chi connectivity index (χ1n) is 10.7. The quantitative estimate of drug-likeness (QED) is 0.316. The van der Waals surface area contributed by atoms with E-state index in [2.05, 4.69) is 53.1 Å². The molecule has 3 rings (SSSR count). The molecule has 0 saturated heterocycles. The molecule has 0 N–H and O–H groups in total. The molecule has 1 aliphatic rings. The molecular weight excluding hydrogens is 394 g/mol. The standard InChI is InChI=1S/C23H31N5OS/c1-5-28(4)15-24-20-12-16(2)18(11-17(20)3)13-22-25-21(14-30-22)23(29)27-26-19-9-7-6-8-10-19/h11-12,14-15,19H,5-10,13H2,1-4H3. The zero-order valence-corrected chi connectivity index (χ0v) is 19.2. The molecule has 0 unspecified atom stereocenters. The lowest BCUT2D eigenvalue weighted by atomic mass is 9.96. The number of hydrogen-bond acceptors (Lipinski definition) is 5. The number of benzene rings is 1. The summed E-state index contributed by atoms with van der Waals surface area (Å²) < 4.78 is 0. The Morgan fingerprint density at radius 1 is 1.23 bits per heavy atom. The molecule has 0 radical (unpaired) electrons. The molecule has 1 heterocycles. The Labute approximate surface area is 183 Å². The van der Waals surface area contributed by atoms with Crippen LogP contribution in [0.15, 0.2) is 32.7 Å². The summed E-state index contributed by atoms with van der Waals surface area (Å²) in [6.45, 7) is 7.18. The SMILES string of the molecule is CCN(C)C=Nc1cc(C)c(Cc2nc(C(=O)N=NC3CCCCC3)cs2)cc1C. The van der Waals surface area contributed by atoms with E-state index in [0.29, 0.717) is 12.1 Å². The molecule has 0 atom stereocenters. The van der Waals surface area contributed by atoms with Gasteiger partial charge in [-0.2, -0.15) is 5.11 Å². The second-order valence-corrected chi connectivity index (χ2v) is 8.94. The van der Waals surface area contributed by atoms with E-state index >= 15 is 0 Å². The maximum atomic E-state index is 12.3. The maximum absolute atomic E-state index is 12.3. The van der Waals surface area contributed by atoms with Crippen LogP contribution in [0.3, 0.4) is 0 Å². The fourth-order valence-corrected chi connectivity index (χ4v) is 4.26. The lowest BCUT2D eigenvalue weighted by Crippen LogP contribution is -2.14. The van der Waals surface area contributed by atoms with E-state index in [1.165, 1.54) is 41.7 Å². The molecule has 30 heavy (non-hydrogen) atoms. The van der Waals surface area contributed by atoms with Crippen LogP contribution in [0.25, 0.3) is 0 Å². The van der Waals surface area contributed by atoms with Gasteiger partial charge < -0.3 is 4.90 Å². The van der Waals surface area contributed by atoms with Gasteiger partial charge in [-0.3, -0.25) is 4.79 Å². The Morgan fingerprint density at radius 2 is 2.00 bits per heavy atom. The summed E-state index contributed by atoms with van der Waals surface area (Å²) in [6.07, 6.45) is 8.25. The number of aryl methyl sites for hydroxylation is 2. The van der Waals surface area contributed by atoms with Crippen molar-refractivity contribution in [3.05, 3.63) is 44.9 Å². The van der Waals surface area contributed by atoms with Crippen molar-refractivity contribution in [1.29, 1.82) is 0 Å². The average molecular weight is 426 g/mol. The van der Waals surface area contributed by atoms with E-state index in [1.54, 1.807) is 5.38 Å². The van der Waals surface area contributed by atoms with Crippen molar-refractivity contribution >= 4 is 29.3 Å². The van der Waals surface area contributed by atoms with E-state index in [9.17, 15) is 4.79 Å². The summed E-state index contributed by atoms with van der Waals surface area (Å²) in [6, 6.07) is 4.48. The first-order chi connectivity index (χ1) is 14.5. The molecule has 1 aromatic carbocycles. The lowest BCUT2D eigenvalue weighted by Gasteiger charge is -2.15. The fraction of sp³-hybridized carbons (Fsp3) is 0.522. The number of amides is 1. The van der Waals surface area contributed by atoms with Crippen LogP contribution in [0.1, 0.15) is 71.2 Å². The number of rotatable bonds is 7. The van der Waals surface area contributed by atoms with Crippen molar-refractivity contribution in [3.8, 4) is 0 Å². The minimum Gasteiger partial charge on any atom is -0.366 e. The minimum absolute atomic E-state index is 0.199. The number of azo groups is 1. The third kappa shape index (κ3) is 6.05. The average Bonchev–Trinajstić information content (AvgIpc) is 3.22. The van der Waals surface area contributed by atoms with Crippen LogP contribution in [-0.2, 0) is 6.42 Å². The monoisotopic (exact) mass is 425 g/mol. The van der Waals surface area contributed by atoms with Crippen LogP contribution >= 0.6 is 11.3 Å². The topological polar surface area (TPSA) is 70.3 Å².